The minimum Gasteiger partial charge on any atom is -0.350 e. The Bertz CT molecular complexity index is 549. The fourth-order valence-corrected chi connectivity index (χ4v) is 2.01. The van der Waals surface area contributed by atoms with Gasteiger partial charge in [0.2, 0.25) is 0 Å². The van der Waals surface area contributed by atoms with Crippen LogP contribution in [0.4, 0.5) is 0 Å². The van der Waals surface area contributed by atoms with Crippen LogP contribution in [-0.2, 0) is 6.42 Å². The quantitative estimate of drug-likeness (QED) is 0.876. The van der Waals surface area contributed by atoms with Gasteiger partial charge in [-0.05, 0) is 29.7 Å². The first kappa shape index (κ1) is 14.3. The lowest BCUT2D eigenvalue weighted by Gasteiger charge is -2.13. The fraction of sp³-hybridized carbons (Fsp3) is 0.235. The van der Waals surface area contributed by atoms with E-state index in [0.29, 0.717) is 12.1 Å². The van der Waals surface area contributed by atoms with Gasteiger partial charge in [-0.1, -0.05) is 49.4 Å². The van der Waals surface area contributed by atoms with E-state index in [-0.39, 0.29) is 11.9 Å². The summed E-state index contributed by atoms with van der Waals surface area (Å²) in [6.45, 7) is 2.52. The predicted molar refractivity (Wildman–Crippen MR) is 81.5 cm³/mol. The van der Waals surface area contributed by atoms with Crippen molar-refractivity contribution in [3.63, 3.8) is 0 Å². The van der Waals surface area contributed by atoms with Crippen LogP contribution in [0.2, 0.25) is 0 Å². The number of benzene rings is 2. The number of carbonyl (C=O) groups is 1. The third-order valence-corrected chi connectivity index (χ3v) is 3.33. The molecule has 20 heavy (non-hydrogen) atoms. The first-order chi connectivity index (χ1) is 9.70. The minimum atomic E-state index is -0.185. The second kappa shape index (κ2) is 6.87. The van der Waals surface area contributed by atoms with E-state index in [4.69, 9.17) is 5.73 Å². The maximum Gasteiger partial charge on any atom is 0.251 e. The SMILES string of the molecule is CCc1ccc(C(=O)NCC(N)c2ccccc2)cc1. The number of nitrogens with one attached hydrogen (secondary N) is 1. The van der Waals surface area contributed by atoms with Crippen molar-refractivity contribution in [2.24, 2.45) is 5.73 Å². The minimum absolute atomic E-state index is 0.0842. The molecule has 0 fully saturated rings. The van der Waals surface area contributed by atoms with E-state index in [0.717, 1.165) is 12.0 Å². The second-order valence-corrected chi connectivity index (χ2v) is 4.78. The number of aryl methyl sites for hydroxylation is 1. The molecule has 1 atom stereocenters. The molecular formula is C17H20N2O. The topological polar surface area (TPSA) is 55.1 Å². The van der Waals surface area contributed by atoms with E-state index in [1.165, 1.54) is 5.56 Å². The van der Waals surface area contributed by atoms with E-state index in [2.05, 4.69) is 12.2 Å². The van der Waals surface area contributed by atoms with E-state index >= 15 is 0 Å². The number of carbonyl (C=O) groups excluding carboxylic acids is 1. The molecule has 0 aliphatic heterocycles. The third kappa shape index (κ3) is 3.68. The number of rotatable bonds is 5. The summed E-state index contributed by atoms with van der Waals surface area (Å²) in [6, 6.07) is 17.2. The molecule has 0 aromatic heterocycles. The van der Waals surface area contributed by atoms with Crippen LogP contribution < -0.4 is 11.1 Å². The van der Waals surface area contributed by atoms with Crippen molar-refractivity contribution in [1.29, 1.82) is 0 Å². The van der Waals surface area contributed by atoms with Crippen LogP contribution >= 0.6 is 0 Å². The lowest BCUT2D eigenvalue weighted by molar-refractivity contribution is 0.0951. The van der Waals surface area contributed by atoms with E-state index in [1.54, 1.807) is 0 Å². The van der Waals surface area contributed by atoms with Crippen LogP contribution in [-0.4, -0.2) is 12.5 Å². The Morgan fingerprint density at radius 3 is 2.35 bits per heavy atom. The maximum absolute atomic E-state index is 12.0. The number of nitrogens with two attached hydrogens (primary N) is 1. The van der Waals surface area contributed by atoms with Crippen LogP contribution in [0.5, 0.6) is 0 Å². The number of hydrogen-bond donors (Lipinski definition) is 2. The summed E-state index contributed by atoms with van der Waals surface area (Å²) >= 11 is 0. The van der Waals surface area contributed by atoms with E-state index in [1.807, 2.05) is 54.6 Å². The maximum atomic E-state index is 12.0. The first-order valence-electron chi connectivity index (χ1n) is 6.88. The molecule has 3 N–H and O–H groups in total. The highest BCUT2D eigenvalue weighted by Crippen LogP contribution is 2.09. The molecule has 0 radical (unpaired) electrons. The molecule has 0 heterocycles. The van der Waals surface area contributed by atoms with Gasteiger partial charge in [-0.3, -0.25) is 4.79 Å². The Morgan fingerprint density at radius 2 is 1.75 bits per heavy atom. The van der Waals surface area contributed by atoms with Crippen LogP contribution in [0.3, 0.4) is 0 Å². The highest BCUT2D eigenvalue weighted by Gasteiger charge is 2.09. The van der Waals surface area contributed by atoms with Gasteiger partial charge in [-0.15, -0.1) is 0 Å². The zero-order valence-electron chi connectivity index (χ0n) is 11.7. The highest BCUT2D eigenvalue weighted by molar-refractivity contribution is 5.94. The molecule has 2 rings (SSSR count). The molecule has 1 unspecified atom stereocenters. The molecule has 2 aromatic rings. The van der Waals surface area contributed by atoms with Gasteiger partial charge >= 0.3 is 0 Å². The van der Waals surface area contributed by atoms with Crippen molar-refractivity contribution in [3.05, 3.63) is 71.3 Å². The van der Waals surface area contributed by atoms with Gasteiger partial charge in [-0.25, -0.2) is 0 Å². The zero-order chi connectivity index (χ0) is 14.4. The normalized spacial score (nSPS) is 11.9. The monoisotopic (exact) mass is 268 g/mol. The Hall–Kier alpha value is -2.13. The average Bonchev–Trinajstić information content (AvgIpc) is 2.53. The van der Waals surface area contributed by atoms with Crippen LogP contribution in [0, 0.1) is 0 Å². The molecule has 0 aliphatic rings. The summed E-state index contributed by atoms with van der Waals surface area (Å²) in [5.74, 6) is -0.0842. The molecule has 0 saturated heterocycles. The molecule has 104 valence electrons. The molecule has 2 aromatic carbocycles. The van der Waals surface area contributed by atoms with Crippen molar-refractivity contribution in [3.8, 4) is 0 Å². The molecule has 1 amide bonds. The Kier molecular flexibility index (Phi) is 4.91. The highest BCUT2D eigenvalue weighted by atomic mass is 16.1. The molecule has 3 heteroatoms. The molecule has 0 spiro atoms. The van der Waals surface area contributed by atoms with E-state index < -0.39 is 0 Å². The summed E-state index contributed by atoms with van der Waals surface area (Å²) in [5, 5.41) is 2.87. The van der Waals surface area contributed by atoms with Gasteiger partial charge in [0.05, 0.1) is 0 Å². The summed E-state index contributed by atoms with van der Waals surface area (Å²) in [4.78, 5) is 12.0. The Balaban J connectivity index is 1.91. The van der Waals surface area contributed by atoms with Crippen molar-refractivity contribution in [2.45, 2.75) is 19.4 Å². The van der Waals surface area contributed by atoms with Crippen molar-refractivity contribution >= 4 is 5.91 Å². The van der Waals surface area contributed by atoms with Crippen LogP contribution in [0.25, 0.3) is 0 Å². The fourth-order valence-electron chi connectivity index (χ4n) is 2.01. The van der Waals surface area contributed by atoms with Gasteiger partial charge in [0.15, 0.2) is 0 Å². The predicted octanol–water partition coefficient (Wildman–Crippen LogP) is 2.68. The Morgan fingerprint density at radius 1 is 1.10 bits per heavy atom. The van der Waals surface area contributed by atoms with Gasteiger partial charge in [-0.2, -0.15) is 0 Å². The summed E-state index contributed by atoms with van der Waals surface area (Å²) in [6.07, 6.45) is 0.973. The lowest BCUT2D eigenvalue weighted by atomic mass is 10.1. The van der Waals surface area contributed by atoms with E-state index in [9.17, 15) is 4.79 Å². The van der Waals surface area contributed by atoms with Gasteiger partial charge in [0.25, 0.3) is 5.91 Å². The smallest absolute Gasteiger partial charge is 0.251 e. The molecule has 3 nitrogen and oxygen atoms in total. The van der Waals surface area contributed by atoms with Crippen molar-refractivity contribution in [1.82, 2.24) is 5.32 Å². The first-order valence-corrected chi connectivity index (χ1v) is 6.88. The van der Waals surface area contributed by atoms with Crippen LogP contribution in [0.15, 0.2) is 54.6 Å². The number of hydrogen-bond acceptors (Lipinski definition) is 2. The summed E-state index contributed by atoms with van der Waals surface area (Å²) < 4.78 is 0. The van der Waals surface area contributed by atoms with Gasteiger partial charge < -0.3 is 11.1 Å². The Labute approximate surface area is 119 Å². The van der Waals surface area contributed by atoms with Crippen molar-refractivity contribution in [2.75, 3.05) is 6.54 Å². The molecular weight excluding hydrogens is 248 g/mol. The van der Waals surface area contributed by atoms with Gasteiger partial charge in [0, 0.05) is 18.2 Å². The largest absolute Gasteiger partial charge is 0.350 e. The lowest BCUT2D eigenvalue weighted by Crippen LogP contribution is -2.31. The second-order valence-electron chi connectivity index (χ2n) is 4.78. The van der Waals surface area contributed by atoms with Crippen molar-refractivity contribution < 1.29 is 4.79 Å². The molecule has 0 bridgehead atoms. The average molecular weight is 268 g/mol. The number of amides is 1. The summed E-state index contributed by atoms with van der Waals surface area (Å²) in [7, 11) is 0. The summed E-state index contributed by atoms with van der Waals surface area (Å²) in [5.41, 5.74) is 8.97. The molecule has 0 saturated carbocycles. The standard InChI is InChI=1S/C17H20N2O/c1-2-13-8-10-15(11-9-13)17(20)19-12-16(18)14-6-4-3-5-7-14/h3-11,16H,2,12,18H2,1H3,(H,19,20). The molecule has 0 aliphatic carbocycles. The van der Waals surface area contributed by atoms with Crippen LogP contribution in [0.1, 0.15) is 34.5 Å². The third-order valence-electron chi connectivity index (χ3n) is 3.33. The zero-order valence-corrected chi connectivity index (χ0v) is 11.7. The van der Waals surface area contributed by atoms with Gasteiger partial charge in [0.1, 0.15) is 0 Å².